The second-order valence-corrected chi connectivity index (χ2v) is 8.60. The van der Waals surface area contributed by atoms with Crippen molar-refractivity contribution in [1.29, 1.82) is 0 Å². The van der Waals surface area contributed by atoms with Crippen LogP contribution in [0.4, 0.5) is 14.5 Å². The lowest BCUT2D eigenvalue weighted by atomic mass is 9.95. The Bertz CT molecular complexity index is 1110. The maximum atomic E-state index is 15.0. The maximum Gasteiger partial charge on any atom is 0.234 e. The van der Waals surface area contributed by atoms with Crippen LogP contribution in [0, 0.1) is 29.4 Å². The number of carbonyl (C=O) groups is 3. The molecule has 0 aromatic heterocycles. The Balaban J connectivity index is 1.51. The summed E-state index contributed by atoms with van der Waals surface area (Å²) in [5.41, 5.74) is 6.49. The highest BCUT2D eigenvalue weighted by molar-refractivity contribution is 5.98. The largest absolute Gasteiger partial charge is 0.356 e. The minimum atomic E-state index is -0.569. The number of halogens is 2. The van der Waals surface area contributed by atoms with Crippen molar-refractivity contribution in [2.24, 2.45) is 23.5 Å². The van der Waals surface area contributed by atoms with Gasteiger partial charge in [0.1, 0.15) is 11.6 Å². The first-order chi connectivity index (χ1) is 15.8. The fraction of sp³-hybridized carbons (Fsp3) is 0.375. The maximum absolute atomic E-state index is 15.0. The number of anilines is 1. The summed E-state index contributed by atoms with van der Waals surface area (Å²) in [4.78, 5) is 36.9. The first-order valence-corrected chi connectivity index (χ1v) is 10.9. The van der Waals surface area contributed by atoms with E-state index in [2.05, 4.69) is 10.6 Å². The molecule has 1 saturated carbocycles. The molecule has 1 saturated heterocycles. The highest BCUT2D eigenvalue weighted by Crippen LogP contribution is 2.50. The van der Waals surface area contributed by atoms with Gasteiger partial charge in [-0.25, -0.2) is 8.78 Å². The van der Waals surface area contributed by atoms with Crippen LogP contribution in [0.15, 0.2) is 36.4 Å². The minimum Gasteiger partial charge on any atom is -0.356 e. The first-order valence-electron chi connectivity index (χ1n) is 10.9. The molecule has 2 aromatic carbocycles. The third kappa shape index (κ3) is 4.88. The second kappa shape index (κ2) is 9.27. The van der Waals surface area contributed by atoms with Crippen molar-refractivity contribution in [1.82, 2.24) is 10.6 Å². The molecule has 0 radical (unpaired) electrons. The van der Waals surface area contributed by atoms with E-state index < -0.39 is 17.5 Å². The van der Waals surface area contributed by atoms with E-state index in [1.807, 2.05) is 0 Å². The van der Waals surface area contributed by atoms with Gasteiger partial charge in [0.25, 0.3) is 0 Å². The van der Waals surface area contributed by atoms with Gasteiger partial charge in [0.05, 0.1) is 6.54 Å². The van der Waals surface area contributed by atoms with Crippen LogP contribution in [-0.4, -0.2) is 37.4 Å². The number of amides is 3. The number of hydrogen-bond acceptors (Lipinski definition) is 4. The highest BCUT2D eigenvalue weighted by Gasteiger charge is 2.53. The van der Waals surface area contributed by atoms with Gasteiger partial charge in [-0.15, -0.1) is 0 Å². The Morgan fingerprint density at radius 2 is 1.91 bits per heavy atom. The topological polar surface area (TPSA) is 105 Å². The monoisotopic (exact) mass is 456 g/mol. The molecule has 0 bridgehead atoms. The number of benzene rings is 2. The Labute approximate surface area is 190 Å². The van der Waals surface area contributed by atoms with Gasteiger partial charge < -0.3 is 21.3 Å². The van der Waals surface area contributed by atoms with E-state index in [4.69, 9.17) is 5.73 Å². The number of piperidine rings is 1. The molecule has 4 N–H and O–H groups in total. The van der Waals surface area contributed by atoms with Crippen LogP contribution in [0.25, 0.3) is 11.1 Å². The predicted molar refractivity (Wildman–Crippen MR) is 119 cm³/mol. The van der Waals surface area contributed by atoms with Crippen LogP contribution < -0.4 is 21.3 Å². The summed E-state index contributed by atoms with van der Waals surface area (Å²) in [7, 11) is 0. The van der Waals surface area contributed by atoms with E-state index in [-0.39, 0.29) is 53.8 Å². The smallest absolute Gasteiger partial charge is 0.234 e. The standard InChI is InChI=1S/C24H26F2N4O3/c1-13(31)28-11-16-12-30(24(33)20-8-19(16)20)17-4-5-18(22(26)7-17)14-2-3-15(21(25)6-14)10-29-23(32)9-27/h2-7,16,19-20H,8-12,27H2,1H3,(H,28,31)(H,29,32)/t16-,19?,20?/m0/s1. The summed E-state index contributed by atoms with van der Waals surface area (Å²) in [5.74, 6) is -1.38. The van der Waals surface area contributed by atoms with Gasteiger partial charge in [-0.1, -0.05) is 12.1 Å². The Hall–Kier alpha value is -3.33. The van der Waals surface area contributed by atoms with Crippen LogP contribution >= 0.6 is 0 Å². The van der Waals surface area contributed by atoms with E-state index in [1.165, 1.54) is 31.2 Å². The van der Waals surface area contributed by atoms with Gasteiger partial charge >= 0.3 is 0 Å². The van der Waals surface area contributed by atoms with Gasteiger partial charge in [-0.05, 0) is 48.1 Å². The Morgan fingerprint density at radius 3 is 2.58 bits per heavy atom. The number of hydrogen-bond donors (Lipinski definition) is 3. The number of nitrogens with two attached hydrogens (primary N) is 1. The van der Waals surface area contributed by atoms with Crippen molar-refractivity contribution < 1.29 is 23.2 Å². The van der Waals surface area contributed by atoms with Gasteiger partial charge in [0.15, 0.2) is 0 Å². The molecule has 1 aliphatic heterocycles. The predicted octanol–water partition coefficient (Wildman–Crippen LogP) is 1.94. The molecule has 1 aliphatic carbocycles. The molecule has 9 heteroatoms. The summed E-state index contributed by atoms with van der Waals surface area (Å²) in [6.07, 6.45) is 0.789. The van der Waals surface area contributed by atoms with Crippen LogP contribution in [-0.2, 0) is 20.9 Å². The molecule has 2 unspecified atom stereocenters. The lowest BCUT2D eigenvalue weighted by molar-refractivity contribution is -0.121. The summed E-state index contributed by atoms with van der Waals surface area (Å²) in [6, 6.07) is 8.76. The molecule has 2 fully saturated rings. The van der Waals surface area contributed by atoms with Crippen molar-refractivity contribution in [3.63, 3.8) is 0 Å². The molecule has 2 aromatic rings. The minimum absolute atomic E-state index is 0.0115. The third-order valence-electron chi connectivity index (χ3n) is 6.35. The van der Waals surface area contributed by atoms with Crippen LogP contribution in [0.1, 0.15) is 18.9 Å². The number of fused-ring (bicyclic) bond motifs is 1. The average molecular weight is 456 g/mol. The van der Waals surface area contributed by atoms with E-state index in [9.17, 15) is 18.8 Å². The summed E-state index contributed by atoms with van der Waals surface area (Å²) in [6.45, 7) is 2.15. The summed E-state index contributed by atoms with van der Waals surface area (Å²) in [5, 5.41) is 5.31. The Kier molecular flexibility index (Phi) is 6.42. The molecule has 1 heterocycles. The Morgan fingerprint density at radius 1 is 1.12 bits per heavy atom. The van der Waals surface area contributed by atoms with Crippen LogP contribution in [0.5, 0.6) is 0 Å². The number of rotatable bonds is 7. The van der Waals surface area contributed by atoms with Gasteiger partial charge in [0, 0.05) is 49.3 Å². The fourth-order valence-electron chi connectivity index (χ4n) is 4.43. The molecule has 7 nitrogen and oxygen atoms in total. The zero-order valence-electron chi connectivity index (χ0n) is 18.2. The van der Waals surface area contributed by atoms with Crippen molar-refractivity contribution in [3.8, 4) is 11.1 Å². The molecule has 3 atom stereocenters. The van der Waals surface area contributed by atoms with E-state index in [0.29, 0.717) is 24.3 Å². The van der Waals surface area contributed by atoms with E-state index in [0.717, 1.165) is 6.42 Å². The van der Waals surface area contributed by atoms with Crippen LogP contribution in [0.3, 0.4) is 0 Å². The highest BCUT2D eigenvalue weighted by atomic mass is 19.1. The van der Waals surface area contributed by atoms with Crippen molar-refractivity contribution >= 4 is 23.4 Å². The molecule has 0 spiro atoms. The SMILES string of the molecule is CC(=O)NC[C@H]1CN(c2ccc(-c3ccc(CNC(=O)CN)c(F)c3)c(F)c2)C(=O)C2CC21. The van der Waals surface area contributed by atoms with E-state index in [1.54, 1.807) is 17.0 Å². The molecule has 4 rings (SSSR count). The quantitative estimate of drug-likeness (QED) is 0.592. The average Bonchev–Trinajstić information content (AvgIpc) is 3.59. The molecule has 3 amide bonds. The van der Waals surface area contributed by atoms with Crippen molar-refractivity contribution in [2.45, 2.75) is 19.9 Å². The fourth-order valence-corrected chi connectivity index (χ4v) is 4.43. The normalized spacial score (nSPS) is 21.4. The molecular weight excluding hydrogens is 430 g/mol. The van der Waals surface area contributed by atoms with Gasteiger partial charge in [-0.2, -0.15) is 0 Å². The lowest BCUT2D eigenvalue weighted by Crippen LogP contribution is -2.45. The second-order valence-electron chi connectivity index (χ2n) is 8.60. The first kappa shape index (κ1) is 22.8. The van der Waals surface area contributed by atoms with Gasteiger partial charge in [-0.3, -0.25) is 14.4 Å². The zero-order valence-corrected chi connectivity index (χ0v) is 18.2. The van der Waals surface area contributed by atoms with Gasteiger partial charge in [0.2, 0.25) is 17.7 Å². The number of nitrogens with zero attached hydrogens (tertiary/aromatic N) is 1. The molecule has 2 aliphatic rings. The lowest BCUT2D eigenvalue weighted by Gasteiger charge is -2.32. The summed E-state index contributed by atoms with van der Waals surface area (Å²) < 4.78 is 29.5. The van der Waals surface area contributed by atoms with Crippen molar-refractivity contribution in [3.05, 3.63) is 53.6 Å². The van der Waals surface area contributed by atoms with Crippen molar-refractivity contribution in [2.75, 3.05) is 24.5 Å². The third-order valence-corrected chi connectivity index (χ3v) is 6.35. The number of nitrogens with one attached hydrogen (secondary N) is 2. The molecule has 33 heavy (non-hydrogen) atoms. The number of carbonyl (C=O) groups excluding carboxylic acids is 3. The van der Waals surface area contributed by atoms with Crippen LogP contribution in [0.2, 0.25) is 0 Å². The zero-order chi connectivity index (χ0) is 23.7. The summed E-state index contributed by atoms with van der Waals surface area (Å²) >= 11 is 0. The van der Waals surface area contributed by atoms with E-state index >= 15 is 4.39 Å². The molecular formula is C24H26F2N4O3. The molecule has 174 valence electrons.